The lowest BCUT2D eigenvalue weighted by atomic mass is 9.73. The van der Waals surface area contributed by atoms with Crippen LogP contribution < -0.4 is 5.32 Å². The predicted octanol–water partition coefficient (Wildman–Crippen LogP) is 14.8. The molecular weight excluding hydrogens is 747 g/mol. The van der Waals surface area contributed by atoms with Gasteiger partial charge in [-0.1, -0.05) is 140 Å². The standard InChI is InChI=1S/C56H39N3S/c1-56-31-11-19-46(55(56)60-54-22-8-6-20-50(54)56)38-23-25-39(26-24-38)48-34-42(27-29-51(48)58-44-15-9-12-37(32-44)36-57)40-13-10-14-41(33-40)43-28-30-53-49(35-43)47-18-5-7-21-52(47)59(53)45-16-3-2-4-17-45/h2-35,55,58H,1H3. The van der Waals surface area contributed by atoms with Crippen LogP contribution in [-0.4, -0.2) is 9.82 Å². The zero-order valence-electron chi connectivity index (χ0n) is 33.0. The van der Waals surface area contributed by atoms with Crippen LogP contribution >= 0.6 is 11.8 Å². The van der Waals surface area contributed by atoms with E-state index >= 15 is 0 Å². The number of thioether (sulfide) groups is 1. The van der Waals surface area contributed by atoms with Crippen molar-refractivity contribution >= 4 is 50.5 Å². The Balaban J connectivity index is 0.969. The van der Waals surface area contributed by atoms with Crippen LogP contribution in [0.2, 0.25) is 0 Å². The minimum absolute atomic E-state index is 0.0469. The van der Waals surface area contributed by atoms with Gasteiger partial charge in [0.05, 0.1) is 22.7 Å². The highest BCUT2D eigenvalue weighted by Gasteiger charge is 2.45. The SMILES string of the molecule is CC12C=CC=C(c3ccc(-c4cc(-c5cccc(-c6ccc7c(c6)c6ccccc6n7-c6ccccc6)c5)ccc4Nc4cccc(C#N)c4)cc3)C1Sc1ccccc12. The summed E-state index contributed by atoms with van der Waals surface area (Å²) in [5.74, 6) is 0. The van der Waals surface area contributed by atoms with Gasteiger partial charge in [0.2, 0.25) is 0 Å². The lowest BCUT2D eigenvalue weighted by molar-refractivity contribution is 0.628. The van der Waals surface area contributed by atoms with E-state index in [-0.39, 0.29) is 5.41 Å². The third-order valence-electron chi connectivity index (χ3n) is 12.3. The van der Waals surface area contributed by atoms with Crippen LogP contribution in [0.1, 0.15) is 23.6 Å². The Labute approximate surface area is 354 Å². The van der Waals surface area contributed by atoms with Crippen molar-refractivity contribution in [2.75, 3.05) is 5.32 Å². The third-order valence-corrected chi connectivity index (χ3v) is 13.9. The minimum atomic E-state index is -0.0469. The Morgan fingerprint density at radius 1 is 0.583 bits per heavy atom. The van der Waals surface area contributed by atoms with E-state index in [1.54, 1.807) is 0 Å². The first-order valence-electron chi connectivity index (χ1n) is 20.4. The Hall–Kier alpha value is -7.32. The zero-order chi connectivity index (χ0) is 40.2. The number of nitrogens with one attached hydrogen (secondary N) is 1. The molecule has 1 aliphatic heterocycles. The monoisotopic (exact) mass is 785 g/mol. The van der Waals surface area contributed by atoms with Crippen molar-refractivity contribution in [2.45, 2.75) is 22.5 Å². The average molecular weight is 786 g/mol. The maximum atomic E-state index is 9.64. The van der Waals surface area contributed by atoms with E-state index < -0.39 is 0 Å². The van der Waals surface area contributed by atoms with E-state index in [0.29, 0.717) is 10.8 Å². The number of aromatic nitrogens is 1. The Morgan fingerprint density at radius 3 is 2.12 bits per heavy atom. The molecular formula is C56H39N3S. The Bertz CT molecular complexity index is 3240. The van der Waals surface area contributed by atoms with Crippen molar-refractivity contribution in [3.8, 4) is 45.1 Å². The van der Waals surface area contributed by atoms with Crippen LogP contribution in [0, 0.1) is 11.3 Å². The van der Waals surface area contributed by atoms with Crippen molar-refractivity contribution in [3.63, 3.8) is 0 Å². The Kier molecular flexibility index (Phi) is 8.65. The number of allylic oxidation sites excluding steroid dienone is 3. The number of rotatable bonds is 7. The molecule has 2 heterocycles. The summed E-state index contributed by atoms with van der Waals surface area (Å²) in [4.78, 5) is 1.37. The molecule has 0 saturated heterocycles. The molecule has 0 saturated carbocycles. The first-order valence-corrected chi connectivity index (χ1v) is 21.3. The molecule has 2 unspecified atom stereocenters. The van der Waals surface area contributed by atoms with Gasteiger partial charge in [-0.25, -0.2) is 0 Å². The molecule has 0 fully saturated rings. The molecule has 0 bridgehead atoms. The van der Waals surface area contributed by atoms with Crippen molar-refractivity contribution in [1.29, 1.82) is 5.26 Å². The summed E-state index contributed by atoms with van der Waals surface area (Å²) in [6, 6.07) is 69.5. The van der Waals surface area contributed by atoms with Crippen molar-refractivity contribution in [2.24, 2.45) is 0 Å². The molecule has 3 nitrogen and oxygen atoms in total. The normalized spacial score (nSPS) is 16.6. The molecule has 4 heteroatoms. The summed E-state index contributed by atoms with van der Waals surface area (Å²) in [7, 11) is 0. The molecule has 11 rings (SSSR count). The fraction of sp³-hybridized carbons (Fsp3) is 0.0536. The molecule has 60 heavy (non-hydrogen) atoms. The number of fused-ring (bicyclic) bond motifs is 6. The first kappa shape index (κ1) is 35.8. The minimum Gasteiger partial charge on any atom is -0.355 e. The second-order valence-electron chi connectivity index (χ2n) is 15.9. The van der Waals surface area contributed by atoms with Gasteiger partial charge in [-0.2, -0.15) is 5.26 Å². The highest BCUT2D eigenvalue weighted by Crippen LogP contribution is 2.56. The van der Waals surface area contributed by atoms with Gasteiger partial charge in [-0.3, -0.25) is 0 Å². The molecule has 9 aromatic rings. The van der Waals surface area contributed by atoms with Crippen LogP contribution in [0.15, 0.2) is 211 Å². The van der Waals surface area contributed by atoms with Gasteiger partial charge >= 0.3 is 0 Å². The second-order valence-corrected chi connectivity index (χ2v) is 17.1. The topological polar surface area (TPSA) is 40.8 Å². The van der Waals surface area contributed by atoms with Crippen LogP contribution in [0.3, 0.4) is 0 Å². The van der Waals surface area contributed by atoms with Gasteiger partial charge in [0, 0.05) is 49.0 Å². The predicted molar refractivity (Wildman–Crippen MR) is 252 cm³/mol. The van der Waals surface area contributed by atoms with Crippen molar-refractivity contribution in [1.82, 2.24) is 4.57 Å². The van der Waals surface area contributed by atoms with Crippen molar-refractivity contribution in [3.05, 3.63) is 223 Å². The summed E-state index contributed by atoms with van der Waals surface area (Å²) < 4.78 is 2.36. The van der Waals surface area contributed by atoms with Crippen molar-refractivity contribution < 1.29 is 0 Å². The Morgan fingerprint density at radius 2 is 1.27 bits per heavy atom. The van der Waals surface area contributed by atoms with Crippen LogP contribution in [0.25, 0.3) is 66.4 Å². The zero-order valence-corrected chi connectivity index (χ0v) is 33.8. The molecule has 1 aromatic heterocycles. The van der Waals surface area contributed by atoms with E-state index in [0.717, 1.165) is 39.3 Å². The molecule has 0 amide bonds. The van der Waals surface area contributed by atoms with E-state index in [9.17, 15) is 5.26 Å². The van der Waals surface area contributed by atoms with Gasteiger partial charge in [-0.15, -0.1) is 11.8 Å². The number of para-hydroxylation sites is 2. The summed E-state index contributed by atoms with van der Waals surface area (Å²) in [6.07, 6.45) is 6.90. The van der Waals surface area contributed by atoms with E-state index in [1.165, 1.54) is 54.5 Å². The van der Waals surface area contributed by atoms with E-state index in [1.807, 2.05) is 36.0 Å². The summed E-state index contributed by atoms with van der Waals surface area (Å²) >= 11 is 1.98. The summed E-state index contributed by atoms with van der Waals surface area (Å²) in [5.41, 5.74) is 16.8. The number of anilines is 2. The van der Waals surface area contributed by atoms with Gasteiger partial charge in [0.1, 0.15) is 0 Å². The molecule has 0 spiro atoms. The van der Waals surface area contributed by atoms with E-state index in [4.69, 9.17) is 0 Å². The largest absolute Gasteiger partial charge is 0.355 e. The highest BCUT2D eigenvalue weighted by molar-refractivity contribution is 8.00. The van der Waals surface area contributed by atoms with Gasteiger partial charge in [0.15, 0.2) is 0 Å². The highest BCUT2D eigenvalue weighted by atomic mass is 32.2. The first-order chi connectivity index (χ1) is 29.5. The number of benzene rings is 8. The molecule has 284 valence electrons. The van der Waals surface area contributed by atoms with Crippen LogP contribution in [-0.2, 0) is 5.41 Å². The molecule has 1 N–H and O–H groups in total. The van der Waals surface area contributed by atoms with Crippen LogP contribution in [0.5, 0.6) is 0 Å². The summed E-state index contributed by atoms with van der Waals surface area (Å²) in [6.45, 7) is 2.37. The fourth-order valence-electron chi connectivity index (χ4n) is 9.28. The smallest absolute Gasteiger partial charge is 0.0992 e. The third kappa shape index (κ3) is 6.06. The van der Waals surface area contributed by atoms with Gasteiger partial charge in [0.25, 0.3) is 0 Å². The molecule has 8 aromatic carbocycles. The van der Waals surface area contributed by atoms with Gasteiger partial charge in [-0.05, 0) is 117 Å². The quantitative estimate of drug-likeness (QED) is 0.175. The molecule has 1 aliphatic carbocycles. The number of hydrogen-bond donors (Lipinski definition) is 1. The lowest BCUT2D eigenvalue weighted by Gasteiger charge is -2.33. The lowest BCUT2D eigenvalue weighted by Crippen LogP contribution is -2.31. The van der Waals surface area contributed by atoms with Crippen LogP contribution in [0.4, 0.5) is 11.4 Å². The van der Waals surface area contributed by atoms with E-state index in [2.05, 4.69) is 205 Å². The fourth-order valence-corrected chi connectivity index (χ4v) is 10.9. The maximum absolute atomic E-state index is 9.64. The number of nitriles is 1. The summed E-state index contributed by atoms with van der Waals surface area (Å²) in [5, 5.41) is 16.1. The molecule has 2 aliphatic rings. The molecule has 2 atom stereocenters. The maximum Gasteiger partial charge on any atom is 0.0992 e. The van der Waals surface area contributed by atoms with Gasteiger partial charge < -0.3 is 9.88 Å². The molecule has 0 radical (unpaired) electrons. The second kappa shape index (κ2) is 14.5. The number of hydrogen-bond acceptors (Lipinski definition) is 3. The average Bonchev–Trinajstić information content (AvgIpc) is 3.81. The number of nitrogens with zero attached hydrogens (tertiary/aromatic N) is 2.